The Kier molecular flexibility index (Phi) is 5.51. The van der Waals surface area contributed by atoms with E-state index in [1.165, 1.54) is 11.8 Å². The molecule has 1 aliphatic rings. The second kappa shape index (κ2) is 7.37. The molecule has 22 heavy (non-hydrogen) atoms. The number of amides is 2. The van der Waals surface area contributed by atoms with E-state index in [0.717, 1.165) is 12.3 Å². The van der Waals surface area contributed by atoms with Crippen LogP contribution in [-0.4, -0.2) is 42.8 Å². The van der Waals surface area contributed by atoms with Crippen molar-refractivity contribution >= 4 is 23.6 Å². The van der Waals surface area contributed by atoms with Gasteiger partial charge in [-0.3, -0.25) is 14.9 Å². The molecule has 0 aliphatic carbocycles. The van der Waals surface area contributed by atoms with Crippen molar-refractivity contribution in [1.29, 1.82) is 0 Å². The molecule has 2 rings (SSSR count). The molecule has 1 aromatic carbocycles. The fraction of sp³-hybridized carbons (Fsp3) is 0.429. The highest BCUT2D eigenvalue weighted by atomic mass is 32.2. The van der Waals surface area contributed by atoms with Gasteiger partial charge in [0.2, 0.25) is 11.8 Å². The summed E-state index contributed by atoms with van der Waals surface area (Å²) in [5.74, 6) is 0.929. The van der Waals surface area contributed by atoms with E-state index in [9.17, 15) is 9.59 Å². The summed E-state index contributed by atoms with van der Waals surface area (Å²) in [7, 11) is 1.56. The van der Waals surface area contributed by atoms with Crippen LogP contribution in [0.15, 0.2) is 24.3 Å². The molecule has 1 atom stereocenters. The van der Waals surface area contributed by atoms with Crippen molar-refractivity contribution in [2.45, 2.75) is 11.4 Å². The van der Waals surface area contributed by atoms with Crippen molar-refractivity contribution in [3.8, 4) is 11.5 Å². The van der Waals surface area contributed by atoms with Crippen LogP contribution in [0.1, 0.15) is 6.42 Å². The van der Waals surface area contributed by atoms with E-state index < -0.39 is 16.8 Å². The molecule has 0 radical (unpaired) electrons. The number of carbonyl (C=O) groups excluding carboxylic acids is 2. The summed E-state index contributed by atoms with van der Waals surface area (Å²) < 4.78 is 11.0. The van der Waals surface area contributed by atoms with Gasteiger partial charge in [0.05, 0.1) is 7.11 Å². The lowest BCUT2D eigenvalue weighted by molar-refractivity contribution is -0.128. The molecule has 8 heteroatoms. The van der Waals surface area contributed by atoms with Gasteiger partial charge in [-0.15, -0.1) is 11.8 Å². The Hall–Kier alpha value is -1.93. The summed E-state index contributed by atoms with van der Waals surface area (Å²) >= 11 is 1.52. The van der Waals surface area contributed by atoms with Crippen molar-refractivity contribution in [2.75, 3.05) is 26.0 Å². The van der Waals surface area contributed by atoms with Gasteiger partial charge in [-0.1, -0.05) is 12.1 Å². The summed E-state index contributed by atoms with van der Waals surface area (Å²) in [5.41, 5.74) is 5.04. The zero-order valence-electron chi connectivity index (χ0n) is 12.3. The molecule has 0 spiro atoms. The van der Waals surface area contributed by atoms with E-state index in [1.807, 2.05) is 12.1 Å². The molecule has 120 valence electrons. The SMILES string of the molecule is COc1ccccc1OCC1(NC(=O)CC(N)=O)NCCS1. The molecule has 1 aliphatic heterocycles. The van der Waals surface area contributed by atoms with E-state index in [4.69, 9.17) is 15.2 Å². The Balaban J connectivity index is 2.02. The number of hydrogen-bond donors (Lipinski definition) is 3. The van der Waals surface area contributed by atoms with Gasteiger partial charge in [0, 0.05) is 12.3 Å². The van der Waals surface area contributed by atoms with Gasteiger partial charge >= 0.3 is 0 Å². The number of thioether (sulfide) groups is 1. The number of methoxy groups -OCH3 is 1. The number of para-hydroxylation sites is 2. The lowest BCUT2D eigenvalue weighted by Crippen LogP contribution is -2.57. The van der Waals surface area contributed by atoms with Gasteiger partial charge in [0.15, 0.2) is 16.5 Å². The normalized spacial score (nSPS) is 20.4. The van der Waals surface area contributed by atoms with E-state index in [-0.39, 0.29) is 13.0 Å². The van der Waals surface area contributed by atoms with E-state index in [2.05, 4.69) is 10.6 Å². The van der Waals surface area contributed by atoms with Gasteiger partial charge in [0.25, 0.3) is 0 Å². The molecule has 1 fully saturated rings. The first-order valence-electron chi connectivity index (χ1n) is 6.79. The number of hydrogen-bond acceptors (Lipinski definition) is 6. The standard InChI is InChI=1S/C14H19N3O4S/c1-20-10-4-2-3-5-11(10)21-9-14(16-6-7-22-14)17-13(19)8-12(15)18/h2-5,16H,6-9H2,1H3,(H2,15,18)(H,17,19). The van der Waals surface area contributed by atoms with Gasteiger partial charge in [-0.25, -0.2) is 0 Å². The number of nitrogens with one attached hydrogen (secondary N) is 2. The lowest BCUT2D eigenvalue weighted by atomic mass is 10.3. The minimum absolute atomic E-state index is 0.197. The van der Waals surface area contributed by atoms with Crippen LogP contribution < -0.4 is 25.8 Å². The first kappa shape index (κ1) is 16.4. The van der Waals surface area contributed by atoms with Crippen LogP contribution in [0.25, 0.3) is 0 Å². The number of ether oxygens (including phenoxy) is 2. The Bertz CT molecular complexity index is 547. The minimum Gasteiger partial charge on any atom is -0.493 e. The highest BCUT2D eigenvalue weighted by Crippen LogP contribution is 2.30. The first-order valence-corrected chi connectivity index (χ1v) is 7.77. The zero-order valence-corrected chi connectivity index (χ0v) is 13.1. The Morgan fingerprint density at radius 1 is 1.41 bits per heavy atom. The Morgan fingerprint density at radius 2 is 2.14 bits per heavy atom. The van der Waals surface area contributed by atoms with Crippen molar-refractivity contribution < 1.29 is 19.1 Å². The monoisotopic (exact) mass is 325 g/mol. The maximum absolute atomic E-state index is 11.8. The summed E-state index contributed by atoms with van der Waals surface area (Å²) in [4.78, 5) is 21.9. The van der Waals surface area contributed by atoms with Crippen molar-refractivity contribution in [3.63, 3.8) is 0 Å². The molecule has 1 heterocycles. The third-order valence-corrected chi connectivity index (χ3v) is 4.30. The summed E-state index contributed by atoms with van der Waals surface area (Å²) in [5, 5.41) is 5.97. The molecule has 4 N–H and O–H groups in total. The molecular weight excluding hydrogens is 306 g/mol. The van der Waals surface area contributed by atoms with Gasteiger partial charge in [-0.05, 0) is 12.1 Å². The summed E-state index contributed by atoms with van der Waals surface area (Å²) in [6.45, 7) is 0.930. The van der Waals surface area contributed by atoms with Crippen LogP contribution in [0.2, 0.25) is 0 Å². The quantitative estimate of drug-likeness (QED) is 0.613. The Morgan fingerprint density at radius 3 is 2.73 bits per heavy atom. The molecular formula is C14H19N3O4S. The van der Waals surface area contributed by atoms with Crippen molar-refractivity contribution in [1.82, 2.24) is 10.6 Å². The number of benzene rings is 1. The zero-order chi connectivity index (χ0) is 16.0. The van der Waals surface area contributed by atoms with Gasteiger partial charge in [-0.2, -0.15) is 0 Å². The highest BCUT2D eigenvalue weighted by Gasteiger charge is 2.37. The molecule has 2 amide bonds. The third kappa shape index (κ3) is 4.28. The minimum atomic E-state index is -0.770. The Labute approximate surface area is 132 Å². The van der Waals surface area contributed by atoms with Crippen LogP contribution in [0, 0.1) is 0 Å². The molecule has 7 nitrogen and oxygen atoms in total. The molecule has 1 aromatic rings. The van der Waals surface area contributed by atoms with Crippen LogP contribution in [0.3, 0.4) is 0 Å². The first-order chi connectivity index (χ1) is 10.5. The van der Waals surface area contributed by atoms with Crippen LogP contribution in [0.4, 0.5) is 0 Å². The van der Waals surface area contributed by atoms with E-state index in [1.54, 1.807) is 19.2 Å². The average Bonchev–Trinajstić information content (AvgIpc) is 2.93. The topological polar surface area (TPSA) is 103 Å². The van der Waals surface area contributed by atoms with E-state index >= 15 is 0 Å². The van der Waals surface area contributed by atoms with Gasteiger partial charge in [0.1, 0.15) is 13.0 Å². The highest BCUT2D eigenvalue weighted by molar-refractivity contribution is 8.00. The second-order valence-electron chi connectivity index (χ2n) is 4.73. The largest absolute Gasteiger partial charge is 0.493 e. The van der Waals surface area contributed by atoms with Crippen molar-refractivity contribution in [3.05, 3.63) is 24.3 Å². The molecule has 0 saturated carbocycles. The number of primary amides is 1. The van der Waals surface area contributed by atoms with Gasteiger partial charge < -0.3 is 20.5 Å². The smallest absolute Gasteiger partial charge is 0.231 e. The molecule has 1 unspecified atom stereocenters. The van der Waals surface area contributed by atoms with Crippen LogP contribution in [0.5, 0.6) is 11.5 Å². The second-order valence-corrected chi connectivity index (χ2v) is 6.13. The maximum Gasteiger partial charge on any atom is 0.231 e. The third-order valence-electron chi connectivity index (χ3n) is 3.04. The average molecular weight is 325 g/mol. The number of carbonyl (C=O) groups is 2. The molecule has 0 bridgehead atoms. The summed E-state index contributed by atoms with van der Waals surface area (Å²) in [6.07, 6.45) is -0.349. The number of nitrogens with two attached hydrogens (primary N) is 1. The predicted molar refractivity (Wildman–Crippen MR) is 83.6 cm³/mol. The predicted octanol–water partition coefficient (Wildman–Crippen LogP) is 0.0558. The van der Waals surface area contributed by atoms with Crippen LogP contribution in [-0.2, 0) is 9.59 Å². The van der Waals surface area contributed by atoms with Crippen molar-refractivity contribution in [2.24, 2.45) is 5.73 Å². The van der Waals surface area contributed by atoms with E-state index in [0.29, 0.717) is 11.5 Å². The van der Waals surface area contributed by atoms with Crippen LogP contribution >= 0.6 is 11.8 Å². The lowest BCUT2D eigenvalue weighted by Gasteiger charge is -2.29. The number of rotatable bonds is 7. The molecule has 1 saturated heterocycles. The fourth-order valence-electron chi connectivity index (χ4n) is 2.08. The maximum atomic E-state index is 11.8. The molecule has 0 aromatic heterocycles. The summed E-state index contributed by atoms with van der Waals surface area (Å²) in [6, 6.07) is 7.27. The fourth-order valence-corrected chi connectivity index (χ4v) is 3.17.